The number of hydrogen-bond acceptors (Lipinski definition) is 4. The highest BCUT2D eigenvalue weighted by Gasteiger charge is 2.29. The summed E-state index contributed by atoms with van der Waals surface area (Å²) >= 11 is 0. The van der Waals surface area contributed by atoms with Crippen molar-refractivity contribution in [3.8, 4) is 0 Å². The average Bonchev–Trinajstić information content (AvgIpc) is 2.40. The molecule has 7 heteroatoms. The molecule has 104 valence electrons. The standard InChI is InChI=1S/C12H16N2O4S/c15-12(16)9-4-6-10(7-5-9)14-19(17,18)11-3-1-2-8-13-11/h1-3,8-10,14H,4-7H2,(H,15,16). The van der Waals surface area contributed by atoms with Gasteiger partial charge in [0.25, 0.3) is 10.0 Å². The second-order valence-electron chi connectivity index (χ2n) is 4.68. The molecule has 1 heterocycles. The van der Waals surface area contributed by atoms with Gasteiger partial charge in [0.2, 0.25) is 0 Å². The minimum absolute atomic E-state index is 0.00430. The molecule has 1 saturated carbocycles. The van der Waals surface area contributed by atoms with Crippen LogP contribution in [0.3, 0.4) is 0 Å². The largest absolute Gasteiger partial charge is 0.481 e. The highest BCUT2D eigenvalue weighted by Crippen LogP contribution is 2.25. The molecular weight excluding hydrogens is 268 g/mol. The first-order chi connectivity index (χ1) is 8.99. The second kappa shape index (κ2) is 5.66. The van der Waals surface area contributed by atoms with Crippen LogP contribution in [-0.4, -0.2) is 30.5 Å². The number of rotatable bonds is 4. The summed E-state index contributed by atoms with van der Waals surface area (Å²) in [5.41, 5.74) is 0. The van der Waals surface area contributed by atoms with Gasteiger partial charge < -0.3 is 5.11 Å². The normalized spacial score (nSPS) is 24.0. The highest BCUT2D eigenvalue weighted by molar-refractivity contribution is 7.89. The van der Waals surface area contributed by atoms with Crippen molar-refractivity contribution in [2.24, 2.45) is 5.92 Å². The lowest BCUT2D eigenvalue weighted by Crippen LogP contribution is -2.38. The van der Waals surface area contributed by atoms with Crippen molar-refractivity contribution in [2.75, 3.05) is 0 Å². The third kappa shape index (κ3) is 3.51. The zero-order valence-electron chi connectivity index (χ0n) is 10.3. The fraction of sp³-hybridized carbons (Fsp3) is 0.500. The van der Waals surface area contributed by atoms with E-state index in [9.17, 15) is 13.2 Å². The number of hydrogen-bond donors (Lipinski definition) is 2. The summed E-state index contributed by atoms with van der Waals surface area (Å²) in [6, 6.07) is 4.49. The van der Waals surface area contributed by atoms with Crippen molar-refractivity contribution in [1.82, 2.24) is 9.71 Å². The first-order valence-corrected chi connectivity index (χ1v) is 7.63. The first-order valence-electron chi connectivity index (χ1n) is 6.15. The highest BCUT2D eigenvalue weighted by atomic mass is 32.2. The maximum absolute atomic E-state index is 12.0. The van der Waals surface area contributed by atoms with E-state index in [-0.39, 0.29) is 17.0 Å². The molecule has 0 spiro atoms. The van der Waals surface area contributed by atoms with E-state index in [2.05, 4.69) is 9.71 Å². The number of nitrogens with zero attached hydrogens (tertiary/aromatic N) is 1. The molecule has 0 atom stereocenters. The van der Waals surface area contributed by atoms with Crippen molar-refractivity contribution in [3.05, 3.63) is 24.4 Å². The van der Waals surface area contributed by atoms with Crippen molar-refractivity contribution in [1.29, 1.82) is 0 Å². The number of carboxylic acid groups (broad SMARTS) is 1. The van der Waals surface area contributed by atoms with Gasteiger partial charge in [-0.25, -0.2) is 18.1 Å². The van der Waals surface area contributed by atoms with Crippen molar-refractivity contribution < 1.29 is 18.3 Å². The van der Waals surface area contributed by atoms with E-state index in [0.29, 0.717) is 25.7 Å². The van der Waals surface area contributed by atoms with Crippen LogP contribution in [0.2, 0.25) is 0 Å². The number of aliphatic carboxylic acids is 1. The summed E-state index contributed by atoms with van der Waals surface area (Å²) in [5, 5.41) is 8.88. The number of carbonyl (C=O) groups is 1. The molecule has 0 aromatic carbocycles. The Kier molecular flexibility index (Phi) is 4.16. The fourth-order valence-corrected chi connectivity index (χ4v) is 3.50. The Labute approximate surface area is 111 Å². The van der Waals surface area contributed by atoms with Crippen molar-refractivity contribution in [3.63, 3.8) is 0 Å². The number of sulfonamides is 1. The predicted octanol–water partition coefficient (Wildman–Crippen LogP) is 1.00. The van der Waals surface area contributed by atoms with Gasteiger partial charge in [0, 0.05) is 12.2 Å². The van der Waals surface area contributed by atoms with Gasteiger partial charge in [-0.2, -0.15) is 0 Å². The summed E-state index contributed by atoms with van der Waals surface area (Å²) in [6.45, 7) is 0. The molecule has 1 aliphatic rings. The lowest BCUT2D eigenvalue weighted by atomic mass is 9.87. The summed E-state index contributed by atoms with van der Waals surface area (Å²) in [4.78, 5) is 14.6. The van der Waals surface area contributed by atoms with Crippen LogP contribution >= 0.6 is 0 Å². The SMILES string of the molecule is O=C(O)C1CCC(NS(=O)(=O)c2ccccn2)CC1. The molecule has 0 radical (unpaired) electrons. The molecule has 2 rings (SSSR count). The molecule has 2 N–H and O–H groups in total. The summed E-state index contributed by atoms with van der Waals surface area (Å²) in [5.74, 6) is -1.15. The molecule has 6 nitrogen and oxygen atoms in total. The molecule has 1 fully saturated rings. The number of pyridine rings is 1. The molecule has 1 aromatic heterocycles. The van der Waals surface area contributed by atoms with Crippen LogP contribution in [-0.2, 0) is 14.8 Å². The van der Waals surface area contributed by atoms with Crippen LogP contribution in [0.4, 0.5) is 0 Å². The maximum Gasteiger partial charge on any atom is 0.306 e. The van der Waals surface area contributed by atoms with E-state index in [1.165, 1.54) is 12.3 Å². The Morgan fingerprint density at radius 3 is 2.47 bits per heavy atom. The van der Waals surface area contributed by atoms with E-state index in [1.807, 2.05) is 0 Å². The van der Waals surface area contributed by atoms with Crippen LogP contribution in [0.25, 0.3) is 0 Å². The molecule has 0 saturated heterocycles. The molecule has 0 aliphatic heterocycles. The van der Waals surface area contributed by atoms with Crippen molar-refractivity contribution >= 4 is 16.0 Å². The third-order valence-electron chi connectivity index (χ3n) is 3.31. The Balaban J connectivity index is 1.98. The third-order valence-corrected chi connectivity index (χ3v) is 4.75. The van der Waals surface area contributed by atoms with Gasteiger partial charge in [-0.1, -0.05) is 6.07 Å². The number of carboxylic acids is 1. The first kappa shape index (κ1) is 14.0. The quantitative estimate of drug-likeness (QED) is 0.860. The van der Waals surface area contributed by atoms with Crippen molar-refractivity contribution in [2.45, 2.75) is 36.8 Å². The van der Waals surface area contributed by atoms with E-state index in [4.69, 9.17) is 5.11 Å². The molecular formula is C12H16N2O4S. The Hall–Kier alpha value is -1.47. The Morgan fingerprint density at radius 2 is 1.95 bits per heavy atom. The van der Waals surface area contributed by atoms with Crippen LogP contribution in [0.1, 0.15) is 25.7 Å². The minimum Gasteiger partial charge on any atom is -0.481 e. The van der Waals surface area contributed by atoms with E-state index in [1.54, 1.807) is 12.1 Å². The van der Waals surface area contributed by atoms with Crippen LogP contribution in [0.5, 0.6) is 0 Å². The molecule has 0 unspecified atom stereocenters. The zero-order valence-corrected chi connectivity index (χ0v) is 11.1. The van der Waals surface area contributed by atoms with Crippen LogP contribution < -0.4 is 4.72 Å². The zero-order chi connectivity index (χ0) is 13.9. The molecule has 19 heavy (non-hydrogen) atoms. The van der Waals surface area contributed by atoms with Crippen LogP contribution in [0, 0.1) is 5.92 Å². The average molecular weight is 284 g/mol. The van der Waals surface area contributed by atoms with Gasteiger partial charge in [0.1, 0.15) is 0 Å². The van der Waals surface area contributed by atoms with E-state index >= 15 is 0 Å². The van der Waals surface area contributed by atoms with E-state index in [0.717, 1.165) is 0 Å². The maximum atomic E-state index is 12.0. The lowest BCUT2D eigenvalue weighted by Gasteiger charge is -2.26. The van der Waals surface area contributed by atoms with Crippen LogP contribution in [0.15, 0.2) is 29.4 Å². The Morgan fingerprint density at radius 1 is 1.26 bits per heavy atom. The van der Waals surface area contributed by atoms with Gasteiger partial charge in [0.05, 0.1) is 5.92 Å². The molecule has 1 aliphatic carbocycles. The molecule has 0 bridgehead atoms. The number of aromatic nitrogens is 1. The number of nitrogens with one attached hydrogen (secondary N) is 1. The summed E-state index contributed by atoms with van der Waals surface area (Å²) < 4.78 is 26.6. The monoisotopic (exact) mass is 284 g/mol. The topological polar surface area (TPSA) is 96.4 Å². The summed E-state index contributed by atoms with van der Waals surface area (Å²) in [6.07, 6.45) is 3.53. The fourth-order valence-electron chi connectivity index (χ4n) is 2.24. The summed E-state index contributed by atoms with van der Waals surface area (Å²) in [7, 11) is -3.61. The molecule has 1 aromatic rings. The van der Waals surface area contributed by atoms with Gasteiger partial charge >= 0.3 is 5.97 Å². The molecule has 0 amide bonds. The van der Waals surface area contributed by atoms with E-state index < -0.39 is 16.0 Å². The van der Waals surface area contributed by atoms with Gasteiger partial charge in [-0.15, -0.1) is 0 Å². The van der Waals surface area contributed by atoms with Gasteiger partial charge in [-0.3, -0.25) is 4.79 Å². The Bertz CT molecular complexity index is 536. The minimum atomic E-state index is -3.61. The smallest absolute Gasteiger partial charge is 0.306 e. The lowest BCUT2D eigenvalue weighted by molar-refractivity contribution is -0.142. The van der Waals surface area contributed by atoms with Gasteiger partial charge in [-0.05, 0) is 37.8 Å². The second-order valence-corrected chi connectivity index (χ2v) is 6.34. The predicted molar refractivity (Wildman–Crippen MR) is 67.9 cm³/mol. The van der Waals surface area contributed by atoms with Gasteiger partial charge in [0.15, 0.2) is 5.03 Å².